The van der Waals surface area contributed by atoms with E-state index in [-0.39, 0.29) is 4.90 Å². The summed E-state index contributed by atoms with van der Waals surface area (Å²) in [7, 11) is -2.34. The zero-order valence-corrected chi connectivity index (χ0v) is 10.6. The van der Waals surface area contributed by atoms with Gasteiger partial charge >= 0.3 is 0 Å². The van der Waals surface area contributed by atoms with Crippen LogP contribution in [0.1, 0.15) is 0 Å². The van der Waals surface area contributed by atoms with Gasteiger partial charge in [0.2, 0.25) is 0 Å². The summed E-state index contributed by atoms with van der Waals surface area (Å²) in [5, 5.41) is 0. The molecule has 2 rings (SSSR count). The second-order valence-corrected chi connectivity index (χ2v) is 5.29. The summed E-state index contributed by atoms with van der Waals surface area (Å²) in [6.07, 6.45) is 0. The maximum absolute atomic E-state index is 11.1. The van der Waals surface area contributed by atoms with E-state index in [1.54, 1.807) is 12.1 Å². The minimum Gasteiger partial charge on any atom is -0.345 e. The van der Waals surface area contributed by atoms with Gasteiger partial charge in [0.05, 0.1) is 4.90 Å². The van der Waals surface area contributed by atoms with Crippen molar-refractivity contribution in [3.05, 3.63) is 54.6 Å². The maximum atomic E-state index is 11.1. The molecule has 1 N–H and O–H groups in total. The molecular formula is C13H13NO3S. The highest BCUT2D eigenvalue weighted by Crippen LogP contribution is 2.25. The topological polar surface area (TPSA) is 57.6 Å². The average molecular weight is 263 g/mol. The molecule has 0 aromatic heterocycles. The minimum atomic E-state index is -4.17. The van der Waals surface area contributed by atoms with Gasteiger partial charge in [-0.1, -0.05) is 24.3 Å². The maximum Gasteiger partial charge on any atom is 0.294 e. The van der Waals surface area contributed by atoms with E-state index in [0.717, 1.165) is 5.69 Å². The van der Waals surface area contributed by atoms with Crippen LogP contribution in [0.15, 0.2) is 59.5 Å². The van der Waals surface area contributed by atoms with Crippen LogP contribution in [-0.4, -0.2) is 20.0 Å². The molecule has 0 spiro atoms. The first-order valence-electron chi connectivity index (χ1n) is 5.35. The van der Waals surface area contributed by atoms with Crippen LogP contribution in [0.3, 0.4) is 0 Å². The smallest absolute Gasteiger partial charge is 0.294 e. The summed E-state index contributed by atoms with van der Waals surface area (Å²) in [6, 6.07) is 15.7. The van der Waals surface area contributed by atoms with Crippen LogP contribution in [0, 0.1) is 0 Å². The molecule has 0 heterocycles. The summed E-state index contributed by atoms with van der Waals surface area (Å²) >= 11 is 0. The predicted octanol–water partition coefficient (Wildman–Crippen LogP) is 2.70. The van der Waals surface area contributed by atoms with Gasteiger partial charge in [0.1, 0.15) is 0 Å². The molecule has 0 amide bonds. The second kappa shape index (κ2) is 4.80. The Morgan fingerprint density at radius 3 is 2.17 bits per heavy atom. The average Bonchev–Trinajstić information content (AvgIpc) is 2.38. The Bertz CT molecular complexity index is 638. The van der Waals surface area contributed by atoms with Gasteiger partial charge in [-0.05, 0) is 30.3 Å². The molecule has 0 aliphatic heterocycles. The zero-order chi connectivity index (χ0) is 13.2. The van der Waals surface area contributed by atoms with E-state index in [9.17, 15) is 8.42 Å². The highest BCUT2D eigenvalue weighted by molar-refractivity contribution is 7.85. The Balaban J connectivity index is 2.41. The van der Waals surface area contributed by atoms with Gasteiger partial charge in [-0.15, -0.1) is 0 Å². The molecule has 0 fully saturated rings. The molecule has 0 unspecified atom stereocenters. The Kier molecular flexibility index (Phi) is 3.36. The Hall–Kier alpha value is -1.85. The monoisotopic (exact) mass is 263 g/mol. The van der Waals surface area contributed by atoms with Gasteiger partial charge in [0, 0.05) is 18.4 Å². The number of anilines is 2. The van der Waals surface area contributed by atoms with Crippen molar-refractivity contribution in [1.29, 1.82) is 0 Å². The van der Waals surface area contributed by atoms with Gasteiger partial charge in [0.25, 0.3) is 10.1 Å². The van der Waals surface area contributed by atoms with Crippen molar-refractivity contribution >= 4 is 21.5 Å². The predicted molar refractivity (Wildman–Crippen MR) is 70.8 cm³/mol. The molecule has 0 bridgehead atoms. The van der Waals surface area contributed by atoms with Crippen LogP contribution < -0.4 is 4.90 Å². The van der Waals surface area contributed by atoms with E-state index in [1.807, 2.05) is 42.3 Å². The van der Waals surface area contributed by atoms with Crippen LogP contribution in [0.25, 0.3) is 0 Å². The number of nitrogens with zero attached hydrogens (tertiary/aromatic N) is 1. The fraction of sp³-hybridized carbons (Fsp3) is 0.0769. The fourth-order valence-corrected chi connectivity index (χ4v) is 2.17. The zero-order valence-electron chi connectivity index (χ0n) is 9.82. The summed E-state index contributed by atoms with van der Waals surface area (Å²) in [6.45, 7) is 0. The lowest BCUT2D eigenvalue weighted by molar-refractivity contribution is 0.483. The molecule has 0 saturated heterocycles. The highest BCUT2D eigenvalue weighted by atomic mass is 32.2. The molecule has 2 aromatic rings. The lowest BCUT2D eigenvalue weighted by Crippen LogP contribution is -2.10. The van der Waals surface area contributed by atoms with Crippen LogP contribution in [0.5, 0.6) is 0 Å². The fourth-order valence-electron chi connectivity index (χ4n) is 1.65. The summed E-state index contributed by atoms with van der Waals surface area (Å²) in [5.41, 5.74) is 1.63. The number of hydrogen-bond acceptors (Lipinski definition) is 3. The van der Waals surface area contributed by atoms with Gasteiger partial charge in [-0.25, -0.2) is 0 Å². The van der Waals surface area contributed by atoms with E-state index in [1.165, 1.54) is 12.1 Å². The van der Waals surface area contributed by atoms with Gasteiger partial charge in [-0.2, -0.15) is 8.42 Å². The molecule has 0 radical (unpaired) electrons. The van der Waals surface area contributed by atoms with Gasteiger partial charge < -0.3 is 4.90 Å². The lowest BCUT2D eigenvalue weighted by Gasteiger charge is -2.19. The first kappa shape index (κ1) is 12.6. The first-order chi connectivity index (χ1) is 8.48. The van der Waals surface area contributed by atoms with E-state index in [0.29, 0.717) is 5.69 Å². The summed E-state index contributed by atoms with van der Waals surface area (Å²) in [5.74, 6) is 0. The molecule has 0 aliphatic carbocycles. The Morgan fingerprint density at radius 1 is 0.944 bits per heavy atom. The van der Waals surface area contributed by atoms with Crippen molar-refractivity contribution in [3.63, 3.8) is 0 Å². The molecule has 5 heteroatoms. The molecular weight excluding hydrogens is 250 g/mol. The highest BCUT2D eigenvalue weighted by Gasteiger charge is 2.11. The van der Waals surface area contributed by atoms with Crippen LogP contribution in [0.4, 0.5) is 11.4 Å². The van der Waals surface area contributed by atoms with Crippen LogP contribution >= 0.6 is 0 Å². The largest absolute Gasteiger partial charge is 0.345 e. The van der Waals surface area contributed by atoms with Crippen LogP contribution in [-0.2, 0) is 10.1 Å². The van der Waals surface area contributed by atoms with E-state index >= 15 is 0 Å². The third kappa shape index (κ3) is 2.69. The SMILES string of the molecule is CN(c1ccccc1)c1cccc(S(=O)(=O)O)c1. The molecule has 0 aliphatic rings. The Labute approximate surface area is 106 Å². The third-order valence-corrected chi connectivity index (χ3v) is 3.50. The van der Waals surface area contributed by atoms with E-state index in [4.69, 9.17) is 4.55 Å². The van der Waals surface area contributed by atoms with Crippen molar-refractivity contribution in [3.8, 4) is 0 Å². The minimum absolute atomic E-state index is 0.109. The van der Waals surface area contributed by atoms with Gasteiger partial charge in [-0.3, -0.25) is 4.55 Å². The molecule has 4 nitrogen and oxygen atoms in total. The molecule has 94 valence electrons. The first-order valence-corrected chi connectivity index (χ1v) is 6.79. The lowest BCUT2D eigenvalue weighted by atomic mass is 10.2. The standard InChI is InChI=1S/C13H13NO3S/c1-14(11-6-3-2-4-7-11)12-8-5-9-13(10-12)18(15,16)17/h2-10H,1H3,(H,15,16,17). The Morgan fingerprint density at radius 2 is 1.56 bits per heavy atom. The van der Waals surface area contributed by atoms with Crippen molar-refractivity contribution < 1.29 is 13.0 Å². The second-order valence-electron chi connectivity index (χ2n) is 3.87. The van der Waals surface area contributed by atoms with Crippen molar-refractivity contribution in [1.82, 2.24) is 0 Å². The molecule has 2 aromatic carbocycles. The molecule has 18 heavy (non-hydrogen) atoms. The summed E-state index contributed by atoms with van der Waals surface area (Å²) < 4.78 is 31.2. The molecule has 0 atom stereocenters. The number of rotatable bonds is 3. The normalized spacial score (nSPS) is 11.2. The third-order valence-electron chi connectivity index (χ3n) is 2.65. The van der Waals surface area contributed by atoms with E-state index < -0.39 is 10.1 Å². The summed E-state index contributed by atoms with van der Waals surface area (Å²) in [4.78, 5) is 1.73. The number of para-hydroxylation sites is 1. The van der Waals surface area contributed by atoms with E-state index in [2.05, 4.69) is 0 Å². The molecule has 0 saturated carbocycles. The van der Waals surface area contributed by atoms with Gasteiger partial charge in [0.15, 0.2) is 0 Å². The van der Waals surface area contributed by atoms with Crippen molar-refractivity contribution in [2.45, 2.75) is 4.90 Å². The number of hydrogen-bond donors (Lipinski definition) is 1. The van der Waals surface area contributed by atoms with Crippen LogP contribution in [0.2, 0.25) is 0 Å². The van der Waals surface area contributed by atoms with Crippen molar-refractivity contribution in [2.24, 2.45) is 0 Å². The quantitative estimate of drug-likeness (QED) is 0.865. The van der Waals surface area contributed by atoms with Crippen molar-refractivity contribution in [2.75, 3.05) is 11.9 Å². The number of benzene rings is 2.